The highest BCUT2D eigenvalue weighted by atomic mass is 16.2. The second kappa shape index (κ2) is 9.42. The van der Waals surface area contributed by atoms with Gasteiger partial charge in [0.25, 0.3) is 0 Å². The molecule has 132 valence electrons. The van der Waals surface area contributed by atoms with Gasteiger partial charge in [0.2, 0.25) is 17.7 Å². The van der Waals surface area contributed by atoms with Gasteiger partial charge in [-0.25, -0.2) is 0 Å². The molecule has 2 aromatic rings. The van der Waals surface area contributed by atoms with E-state index in [2.05, 4.69) is 16.0 Å². The SMILES string of the molecule is CCCNC(=O)CNC(=O)CNC(=O)Cc1cccc2ccccc12. The van der Waals surface area contributed by atoms with Gasteiger partial charge in [0.1, 0.15) is 0 Å². The monoisotopic (exact) mass is 341 g/mol. The summed E-state index contributed by atoms with van der Waals surface area (Å²) in [5, 5.41) is 9.81. The zero-order chi connectivity index (χ0) is 18.1. The lowest BCUT2D eigenvalue weighted by Crippen LogP contribution is -2.42. The van der Waals surface area contributed by atoms with E-state index in [-0.39, 0.29) is 31.3 Å². The number of amides is 3. The van der Waals surface area contributed by atoms with E-state index in [0.717, 1.165) is 22.8 Å². The molecular formula is C19H23N3O3. The average Bonchev–Trinajstić information content (AvgIpc) is 2.63. The average molecular weight is 341 g/mol. The number of benzene rings is 2. The molecule has 6 nitrogen and oxygen atoms in total. The molecule has 0 aliphatic heterocycles. The highest BCUT2D eigenvalue weighted by molar-refractivity contribution is 5.92. The topological polar surface area (TPSA) is 87.3 Å². The normalized spacial score (nSPS) is 10.3. The molecule has 0 unspecified atom stereocenters. The number of carbonyl (C=O) groups is 3. The molecule has 0 heterocycles. The molecule has 2 aromatic carbocycles. The van der Waals surface area contributed by atoms with Crippen LogP contribution in [-0.4, -0.2) is 37.4 Å². The van der Waals surface area contributed by atoms with Gasteiger partial charge in [-0.15, -0.1) is 0 Å². The van der Waals surface area contributed by atoms with E-state index < -0.39 is 5.91 Å². The van der Waals surface area contributed by atoms with Gasteiger partial charge in [-0.1, -0.05) is 49.4 Å². The third kappa shape index (κ3) is 5.91. The van der Waals surface area contributed by atoms with Crippen molar-refractivity contribution in [2.75, 3.05) is 19.6 Å². The Morgan fingerprint density at radius 2 is 1.44 bits per heavy atom. The van der Waals surface area contributed by atoms with Gasteiger partial charge in [0.15, 0.2) is 0 Å². The Labute approximate surface area is 147 Å². The molecule has 0 aliphatic carbocycles. The zero-order valence-corrected chi connectivity index (χ0v) is 14.3. The maximum absolute atomic E-state index is 12.1. The van der Waals surface area contributed by atoms with Crippen molar-refractivity contribution in [3.05, 3.63) is 48.0 Å². The van der Waals surface area contributed by atoms with Crippen LogP contribution in [0, 0.1) is 0 Å². The Morgan fingerprint density at radius 3 is 2.20 bits per heavy atom. The molecule has 0 saturated heterocycles. The van der Waals surface area contributed by atoms with Gasteiger partial charge < -0.3 is 16.0 Å². The van der Waals surface area contributed by atoms with Crippen LogP contribution in [0.15, 0.2) is 42.5 Å². The summed E-state index contributed by atoms with van der Waals surface area (Å²) in [4.78, 5) is 35.2. The van der Waals surface area contributed by atoms with E-state index in [1.54, 1.807) is 0 Å². The lowest BCUT2D eigenvalue weighted by Gasteiger charge is -2.09. The Bertz CT molecular complexity index is 753. The Morgan fingerprint density at radius 1 is 0.800 bits per heavy atom. The van der Waals surface area contributed by atoms with E-state index in [4.69, 9.17) is 0 Å². The predicted octanol–water partition coefficient (Wildman–Crippen LogP) is 1.14. The summed E-state index contributed by atoms with van der Waals surface area (Å²) in [5.74, 6) is -0.864. The van der Waals surface area contributed by atoms with E-state index in [1.165, 1.54) is 0 Å². The molecule has 25 heavy (non-hydrogen) atoms. The van der Waals surface area contributed by atoms with Crippen molar-refractivity contribution < 1.29 is 14.4 Å². The van der Waals surface area contributed by atoms with Gasteiger partial charge in [0, 0.05) is 6.54 Å². The van der Waals surface area contributed by atoms with Crippen LogP contribution in [0.5, 0.6) is 0 Å². The summed E-state index contributed by atoms with van der Waals surface area (Å²) in [6, 6.07) is 13.7. The van der Waals surface area contributed by atoms with Gasteiger partial charge in [-0.2, -0.15) is 0 Å². The van der Waals surface area contributed by atoms with Gasteiger partial charge in [0.05, 0.1) is 19.5 Å². The Balaban J connectivity index is 1.78. The molecule has 3 N–H and O–H groups in total. The van der Waals surface area contributed by atoms with E-state index >= 15 is 0 Å². The van der Waals surface area contributed by atoms with E-state index in [9.17, 15) is 14.4 Å². The van der Waals surface area contributed by atoms with Crippen LogP contribution in [0.3, 0.4) is 0 Å². The molecule has 6 heteroatoms. The van der Waals surface area contributed by atoms with Crippen molar-refractivity contribution in [3.8, 4) is 0 Å². The van der Waals surface area contributed by atoms with Crippen LogP contribution in [0.1, 0.15) is 18.9 Å². The highest BCUT2D eigenvalue weighted by Crippen LogP contribution is 2.18. The van der Waals surface area contributed by atoms with Gasteiger partial charge in [-0.05, 0) is 22.8 Å². The number of hydrogen-bond donors (Lipinski definition) is 3. The van der Waals surface area contributed by atoms with Crippen molar-refractivity contribution in [1.29, 1.82) is 0 Å². The third-order valence-corrected chi connectivity index (χ3v) is 3.70. The third-order valence-electron chi connectivity index (χ3n) is 3.70. The molecule has 3 amide bonds. The zero-order valence-electron chi connectivity index (χ0n) is 14.3. The molecule has 0 bridgehead atoms. The lowest BCUT2D eigenvalue weighted by atomic mass is 10.0. The number of hydrogen-bond acceptors (Lipinski definition) is 3. The lowest BCUT2D eigenvalue weighted by molar-refractivity contribution is -0.127. The summed E-state index contributed by atoms with van der Waals surface area (Å²) in [5.41, 5.74) is 0.912. The largest absolute Gasteiger partial charge is 0.355 e. The van der Waals surface area contributed by atoms with Crippen LogP contribution < -0.4 is 16.0 Å². The molecule has 0 saturated carbocycles. The molecule has 0 aliphatic rings. The molecule has 0 radical (unpaired) electrons. The summed E-state index contributed by atoms with van der Waals surface area (Å²) < 4.78 is 0. The van der Waals surface area contributed by atoms with Crippen LogP contribution in [-0.2, 0) is 20.8 Å². The van der Waals surface area contributed by atoms with Crippen LogP contribution in [0.25, 0.3) is 10.8 Å². The maximum Gasteiger partial charge on any atom is 0.239 e. The molecule has 0 aromatic heterocycles. The van der Waals surface area contributed by atoms with Crippen LogP contribution >= 0.6 is 0 Å². The van der Waals surface area contributed by atoms with Crippen molar-refractivity contribution in [2.45, 2.75) is 19.8 Å². The number of carbonyl (C=O) groups excluding carboxylic acids is 3. The van der Waals surface area contributed by atoms with Gasteiger partial charge >= 0.3 is 0 Å². The molecule has 0 atom stereocenters. The predicted molar refractivity (Wildman–Crippen MR) is 97.0 cm³/mol. The summed E-state index contributed by atoms with van der Waals surface area (Å²) in [7, 11) is 0. The smallest absolute Gasteiger partial charge is 0.239 e. The fraction of sp³-hybridized carbons (Fsp3) is 0.316. The van der Waals surface area contributed by atoms with Crippen LogP contribution in [0.2, 0.25) is 0 Å². The fourth-order valence-electron chi connectivity index (χ4n) is 2.43. The minimum atomic E-state index is -0.391. The number of rotatable bonds is 8. The van der Waals surface area contributed by atoms with Crippen LogP contribution in [0.4, 0.5) is 0 Å². The second-order valence-corrected chi connectivity index (χ2v) is 5.72. The first-order valence-electron chi connectivity index (χ1n) is 8.37. The standard InChI is InChI=1S/C19H23N3O3/c1-2-10-20-18(24)12-22-19(25)13-21-17(23)11-15-8-5-7-14-6-3-4-9-16(14)15/h3-9H,2,10-13H2,1H3,(H,20,24)(H,21,23)(H,22,25). The van der Waals surface area contributed by atoms with E-state index in [0.29, 0.717) is 6.54 Å². The fourth-order valence-corrected chi connectivity index (χ4v) is 2.43. The number of fused-ring (bicyclic) bond motifs is 1. The minimum Gasteiger partial charge on any atom is -0.355 e. The van der Waals surface area contributed by atoms with Crippen molar-refractivity contribution in [2.24, 2.45) is 0 Å². The first-order valence-corrected chi connectivity index (χ1v) is 8.37. The van der Waals surface area contributed by atoms with E-state index in [1.807, 2.05) is 49.4 Å². The summed E-state index contributed by atoms with van der Waals surface area (Å²) >= 11 is 0. The number of nitrogens with one attached hydrogen (secondary N) is 3. The molecule has 0 fully saturated rings. The molecule has 2 rings (SSSR count). The van der Waals surface area contributed by atoms with Crippen molar-refractivity contribution >= 4 is 28.5 Å². The highest BCUT2D eigenvalue weighted by Gasteiger charge is 2.09. The first-order chi connectivity index (χ1) is 12.1. The van der Waals surface area contributed by atoms with Crippen molar-refractivity contribution in [1.82, 2.24) is 16.0 Å². The first kappa shape index (κ1) is 18.4. The maximum atomic E-state index is 12.1. The van der Waals surface area contributed by atoms with Crippen molar-refractivity contribution in [3.63, 3.8) is 0 Å². The van der Waals surface area contributed by atoms with Gasteiger partial charge in [-0.3, -0.25) is 14.4 Å². The Kier molecular flexibility index (Phi) is 6.95. The molecular weight excluding hydrogens is 318 g/mol. The second-order valence-electron chi connectivity index (χ2n) is 5.72. The summed E-state index contributed by atoms with van der Waals surface area (Å²) in [6.45, 7) is 2.30. The minimum absolute atomic E-state index is 0.0853. The quantitative estimate of drug-likeness (QED) is 0.673. The molecule has 0 spiro atoms. The summed E-state index contributed by atoms with van der Waals surface area (Å²) in [6.07, 6.45) is 1.04. The Hall–Kier alpha value is -2.89.